The summed E-state index contributed by atoms with van der Waals surface area (Å²) in [5.74, 6) is -0.781. The zero-order valence-electron chi connectivity index (χ0n) is 10.9. The largest absolute Gasteiger partial charge is 0.399 e. The smallest absolute Gasteiger partial charge is 0.251 e. The summed E-state index contributed by atoms with van der Waals surface area (Å²) < 4.78 is 13.7. The van der Waals surface area contributed by atoms with E-state index >= 15 is 0 Å². The first-order valence-electron chi connectivity index (χ1n) is 6.06. The molecular formula is C15H14BrFN2O. The fourth-order valence-electron chi connectivity index (χ4n) is 1.81. The van der Waals surface area contributed by atoms with Crippen LogP contribution in [0, 0.1) is 12.7 Å². The quantitative estimate of drug-likeness (QED) is 0.844. The van der Waals surface area contributed by atoms with Crippen LogP contribution in [0.5, 0.6) is 0 Å². The van der Waals surface area contributed by atoms with Crippen molar-refractivity contribution < 1.29 is 9.18 Å². The number of carbonyl (C=O) groups is 1. The average Bonchev–Trinajstić information content (AvgIpc) is 2.43. The molecule has 0 fully saturated rings. The van der Waals surface area contributed by atoms with Crippen molar-refractivity contribution in [2.24, 2.45) is 0 Å². The molecule has 3 N–H and O–H groups in total. The number of rotatable bonds is 3. The van der Waals surface area contributed by atoms with Crippen LogP contribution in [0.2, 0.25) is 0 Å². The highest BCUT2D eigenvalue weighted by atomic mass is 79.9. The number of nitrogens with one attached hydrogen (secondary N) is 1. The lowest BCUT2D eigenvalue weighted by Gasteiger charge is -2.10. The van der Waals surface area contributed by atoms with Gasteiger partial charge in [0, 0.05) is 17.8 Å². The van der Waals surface area contributed by atoms with E-state index < -0.39 is 5.82 Å². The van der Waals surface area contributed by atoms with Gasteiger partial charge in [-0.25, -0.2) is 4.39 Å². The third-order valence-corrected chi connectivity index (χ3v) is 3.75. The Hall–Kier alpha value is -1.88. The number of anilines is 1. The van der Waals surface area contributed by atoms with Crippen LogP contribution in [0.1, 0.15) is 21.5 Å². The van der Waals surface area contributed by atoms with E-state index in [0.717, 1.165) is 11.1 Å². The number of amides is 1. The summed E-state index contributed by atoms with van der Waals surface area (Å²) in [6.07, 6.45) is 0. The summed E-state index contributed by atoms with van der Waals surface area (Å²) >= 11 is 3.05. The molecule has 0 saturated carbocycles. The van der Waals surface area contributed by atoms with E-state index in [1.807, 2.05) is 25.1 Å². The van der Waals surface area contributed by atoms with Crippen LogP contribution in [0.25, 0.3) is 0 Å². The molecule has 2 aromatic carbocycles. The van der Waals surface area contributed by atoms with Gasteiger partial charge >= 0.3 is 0 Å². The first kappa shape index (κ1) is 14.5. The lowest BCUT2D eigenvalue weighted by atomic mass is 10.1. The maximum absolute atomic E-state index is 13.4. The van der Waals surface area contributed by atoms with Gasteiger partial charge in [0.2, 0.25) is 0 Å². The minimum atomic E-state index is -0.460. The Morgan fingerprint density at radius 2 is 2.10 bits per heavy atom. The fraction of sp³-hybridized carbons (Fsp3) is 0.133. The van der Waals surface area contributed by atoms with E-state index in [1.54, 1.807) is 6.07 Å². The van der Waals surface area contributed by atoms with Gasteiger partial charge < -0.3 is 11.1 Å². The van der Waals surface area contributed by atoms with Gasteiger partial charge in [-0.05, 0) is 58.2 Å². The van der Waals surface area contributed by atoms with Crippen LogP contribution in [0.4, 0.5) is 10.1 Å². The molecule has 5 heteroatoms. The third kappa shape index (κ3) is 3.17. The van der Waals surface area contributed by atoms with Gasteiger partial charge in [-0.15, -0.1) is 0 Å². The van der Waals surface area contributed by atoms with Crippen molar-refractivity contribution in [3.05, 3.63) is 63.4 Å². The molecular weight excluding hydrogens is 323 g/mol. The average molecular weight is 337 g/mol. The van der Waals surface area contributed by atoms with Crippen LogP contribution < -0.4 is 11.1 Å². The van der Waals surface area contributed by atoms with Gasteiger partial charge in [-0.2, -0.15) is 0 Å². The molecule has 0 radical (unpaired) electrons. The Kier molecular flexibility index (Phi) is 4.39. The van der Waals surface area contributed by atoms with Gasteiger partial charge in [-0.1, -0.05) is 12.1 Å². The minimum absolute atomic E-state index is 0.284. The maximum Gasteiger partial charge on any atom is 0.251 e. The van der Waals surface area contributed by atoms with Crippen LogP contribution >= 0.6 is 15.9 Å². The van der Waals surface area contributed by atoms with Gasteiger partial charge in [-0.3, -0.25) is 4.79 Å². The molecule has 0 saturated heterocycles. The van der Waals surface area contributed by atoms with E-state index in [1.165, 1.54) is 12.1 Å². The molecule has 0 aliphatic rings. The summed E-state index contributed by atoms with van der Waals surface area (Å²) in [5.41, 5.74) is 8.66. The van der Waals surface area contributed by atoms with Crippen LogP contribution in [0.15, 0.2) is 40.9 Å². The van der Waals surface area contributed by atoms with Crippen LogP contribution in [-0.2, 0) is 6.54 Å². The summed E-state index contributed by atoms with van der Waals surface area (Å²) in [6.45, 7) is 2.25. The van der Waals surface area contributed by atoms with Crippen molar-refractivity contribution in [3.63, 3.8) is 0 Å². The number of benzene rings is 2. The zero-order chi connectivity index (χ0) is 14.7. The Morgan fingerprint density at radius 3 is 2.80 bits per heavy atom. The van der Waals surface area contributed by atoms with E-state index in [2.05, 4.69) is 21.2 Å². The Balaban J connectivity index is 2.08. The van der Waals surface area contributed by atoms with Gasteiger partial charge in [0.25, 0.3) is 5.91 Å². The Labute approximate surface area is 125 Å². The molecule has 3 nitrogen and oxygen atoms in total. The molecule has 104 valence electrons. The van der Waals surface area contributed by atoms with E-state index in [-0.39, 0.29) is 11.5 Å². The molecule has 0 unspecified atom stereocenters. The van der Waals surface area contributed by atoms with Crippen molar-refractivity contribution in [3.8, 4) is 0 Å². The predicted molar refractivity (Wildman–Crippen MR) is 80.9 cm³/mol. The summed E-state index contributed by atoms with van der Waals surface area (Å²) in [4.78, 5) is 12.0. The molecule has 0 aromatic heterocycles. The fourth-order valence-corrected chi connectivity index (χ4v) is 2.06. The molecule has 0 atom stereocenters. The molecule has 2 rings (SSSR count). The van der Waals surface area contributed by atoms with Crippen molar-refractivity contribution in [1.29, 1.82) is 0 Å². The van der Waals surface area contributed by atoms with Crippen molar-refractivity contribution in [2.45, 2.75) is 13.5 Å². The first-order valence-corrected chi connectivity index (χ1v) is 6.85. The summed E-state index contributed by atoms with van der Waals surface area (Å²) in [5, 5.41) is 2.75. The van der Waals surface area contributed by atoms with E-state index in [4.69, 9.17) is 5.73 Å². The number of carbonyl (C=O) groups excluding carboxylic acids is 1. The molecule has 0 aliphatic heterocycles. The summed E-state index contributed by atoms with van der Waals surface area (Å²) in [7, 11) is 0. The molecule has 0 aliphatic carbocycles. The lowest BCUT2D eigenvalue weighted by molar-refractivity contribution is 0.0950. The van der Waals surface area contributed by atoms with E-state index in [0.29, 0.717) is 16.7 Å². The zero-order valence-corrected chi connectivity index (χ0v) is 12.5. The van der Waals surface area contributed by atoms with Crippen molar-refractivity contribution in [2.75, 3.05) is 5.73 Å². The van der Waals surface area contributed by atoms with Crippen LogP contribution in [-0.4, -0.2) is 5.91 Å². The van der Waals surface area contributed by atoms with Gasteiger partial charge in [0.15, 0.2) is 0 Å². The standard InChI is InChI=1S/C15H14BrFN2O/c1-9-11(3-2-4-14(9)18)8-19-15(20)10-5-6-12(16)13(17)7-10/h2-7H,8,18H2,1H3,(H,19,20). The topological polar surface area (TPSA) is 55.1 Å². The molecule has 0 spiro atoms. The third-order valence-electron chi connectivity index (χ3n) is 3.11. The van der Waals surface area contributed by atoms with E-state index in [9.17, 15) is 9.18 Å². The van der Waals surface area contributed by atoms with Crippen molar-refractivity contribution >= 4 is 27.5 Å². The Morgan fingerprint density at radius 1 is 1.35 bits per heavy atom. The highest BCUT2D eigenvalue weighted by molar-refractivity contribution is 9.10. The molecule has 2 aromatic rings. The van der Waals surface area contributed by atoms with Gasteiger partial charge in [0.05, 0.1) is 4.47 Å². The highest BCUT2D eigenvalue weighted by Crippen LogP contribution is 2.17. The number of hydrogen-bond acceptors (Lipinski definition) is 2. The monoisotopic (exact) mass is 336 g/mol. The minimum Gasteiger partial charge on any atom is -0.399 e. The number of nitrogens with two attached hydrogens (primary N) is 1. The lowest BCUT2D eigenvalue weighted by Crippen LogP contribution is -2.23. The predicted octanol–water partition coefficient (Wildman–Crippen LogP) is 3.41. The van der Waals surface area contributed by atoms with Gasteiger partial charge in [0.1, 0.15) is 5.82 Å². The number of nitrogen functional groups attached to an aromatic ring is 1. The molecule has 0 bridgehead atoms. The summed E-state index contributed by atoms with van der Waals surface area (Å²) in [6, 6.07) is 9.82. The SMILES string of the molecule is Cc1c(N)cccc1CNC(=O)c1ccc(Br)c(F)c1. The molecule has 1 amide bonds. The highest BCUT2D eigenvalue weighted by Gasteiger charge is 2.09. The van der Waals surface area contributed by atoms with Crippen LogP contribution in [0.3, 0.4) is 0 Å². The first-order chi connectivity index (χ1) is 9.49. The van der Waals surface area contributed by atoms with Crippen molar-refractivity contribution in [1.82, 2.24) is 5.32 Å². The number of halogens is 2. The maximum atomic E-state index is 13.4. The molecule has 0 heterocycles. The number of hydrogen-bond donors (Lipinski definition) is 2. The Bertz CT molecular complexity index is 658. The second-order valence-corrected chi connectivity index (χ2v) is 5.30. The normalized spacial score (nSPS) is 10.3. The second kappa shape index (κ2) is 6.05. The second-order valence-electron chi connectivity index (χ2n) is 4.44. The molecule has 20 heavy (non-hydrogen) atoms.